The Hall–Kier alpha value is -1.57. The Kier molecular flexibility index (Phi) is 6.23. The number of anilines is 1. The van der Waals surface area contributed by atoms with E-state index in [0.29, 0.717) is 29.7 Å². The summed E-state index contributed by atoms with van der Waals surface area (Å²) < 4.78 is 0. The van der Waals surface area contributed by atoms with Gasteiger partial charge in [0.1, 0.15) is 0 Å². The second kappa shape index (κ2) is 8.17. The molecule has 118 valence electrons. The van der Waals surface area contributed by atoms with Gasteiger partial charge in [0.25, 0.3) is 0 Å². The van der Waals surface area contributed by atoms with Gasteiger partial charge in [-0.05, 0) is 43.9 Å². The van der Waals surface area contributed by atoms with E-state index in [4.69, 9.17) is 16.9 Å². The van der Waals surface area contributed by atoms with Gasteiger partial charge in [0.15, 0.2) is 0 Å². The first kappa shape index (κ1) is 16.8. The lowest BCUT2D eigenvalue weighted by molar-refractivity contribution is -0.116. The van der Waals surface area contributed by atoms with E-state index in [0.717, 1.165) is 31.2 Å². The molecule has 0 unspecified atom stereocenters. The van der Waals surface area contributed by atoms with Crippen LogP contribution in [0.15, 0.2) is 18.2 Å². The molecular weight excluding hydrogens is 298 g/mol. The molecule has 1 saturated carbocycles. The van der Waals surface area contributed by atoms with Crippen LogP contribution in [0.3, 0.4) is 0 Å². The van der Waals surface area contributed by atoms with Gasteiger partial charge >= 0.3 is 0 Å². The molecule has 0 aromatic heterocycles. The number of nitriles is 1. The van der Waals surface area contributed by atoms with Gasteiger partial charge in [-0.25, -0.2) is 0 Å². The fraction of sp³-hybridized carbons (Fsp3) is 0.529. The Balaban J connectivity index is 1.73. The quantitative estimate of drug-likeness (QED) is 0.870. The Bertz CT molecular complexity index is 568. The Morgan fingerprint density at radius 1 is 1.45 bits per heavy atom. The topological polar surface area (TPSA) is 64.9 Å². The molecule has 2 N–H and O–H groups in total. The number of carbonyl (C=O) groups is 1. The van der Waals surface area contributed by atoms with Crippen LogP contribution in [0.25, 0.3) is 0 Å². The number of nitrogens with one attached hydrogen (secondary N) is 2. The number of rotatable bonds is 5. The van der Waals surface area contributed by atoms with E-state index in [1.54, 1.807) is 0 Å². The summed E-state index contributed by atoms with van der Waals surface area (Å²) in [4.78, 5) is 11.9. The lowest BCUT2D eigenvalue weighted by Gasteiger charge is -2.26. The van der Waals surface area contributed by atoms with Gasteiger partial charge < -0.3 is 10.6 Å². The first-order chi connectivity index (χ1) is 10.6. The van der Waals surface area contributed by atoms with Gasteiger partial charge in [0.2, 0.25) is 5.91 Å². The molecule has 2 rings (SSSR count). The van der Waals surface area contributed by atoms with Crippen molar-refractivity contribution in [2.24, 2.45) is 5.92 Å². The molecule has 0 radical (unpaired) electrons. The minimum atomic E-state index is -0.0501. The van der Waals surface area contributed by atoms with Crippen LogP contribution in [0.2, 0.25) is 5.02 Å². The average molecular weight is 320 g/mol. The molecule has 22 heavy (non-hydrogen) atoms. The zero-order valence-corrected chi connectivity index (χ0v) is 13.6. The molecule has 1 aromatic carbocycles. The fourth-order valence-corrected chi connectivity index (χ4v) is 3.10. The van der Waals surface area contributed by atoms with Gasteiger partial charge in [-0.3, -0.25) is 4.79 Å². The van der Waals surface area contributed by atoms with Crippen LogP contribution in [0.5, 0.6) is 0 Å². The highest BCUT2D eigenvalue weighted by Crippen LogP contribution is 2.24. The molecule has 0 spiro atoms. The van der Waals surface area contributed by atoms with Crippen molar-refractivity contribution in [3.63, 3.8) is 0 Å². The third-order valence-electron chi connectivity index (χ3n) is 4.04. The van der Waals surface area contributed by atoms with Crippen molar-refractivity contribution in [2.75, 3.05) is 11.9 Å². The number of halogens is 1. The van der Waals surface area contributed by atoms with Crippen LogP contribution in [0, 0.1) is 24.2 Å². The smallest absolute Gasteiger partial charge is 0.225 e. The van der Waals surface area contributed by atoms with Crippen LogP contribution in [-0.4, -0.2) is 18.5 Å². The summed E-state index contributed by atoms with van der Waals surface area (Å²) in [6.45, 7) is 2.58. The molecule has 1 aliphatic rings. The van der Waals surface area contributed by atoms with Gasteiger partial charge in [-0.2, -0.15) is 5.26 Å². The molecule has 5 heteroatoms. The van der Waals surface area contributed by atoms with Gasteiger partial charge in [0.05, 0.1) is 16.8 Å². The molecule has 0 saturated heterocycles. The highest BCUT2D eigenvalue weighted by Gasteiger charge is 2.21. The molecule has 1 aliphatic carbocycles. The molecule has 4 nitrogen and oxygen atoms in total. The van der Waals surface area contributed by atoms with Crippen molar-refractivity contribution in [2.45, 2.75) is 45.1 Å². The van der Waals surface area contributed by atoms with Crippen LogP contribution >= 0.6 is 11.6 Å². The number of amides is 1. The van der Waals surface area contributed by atoms with E-state index in [9.17, 15) is 4.79 Å². The zero-order valence-electron chi connectivity index (χ0n) is 12.9. The maximum atomic E-state index is 11.9. The maximum Gasteiger partial charge on any atom is 0.225 e. The third kappa shape index (κ3) is 5.01. The average Bonchev–Trinajstić information content (AvgIpc) is 2.50. The molecular formula is C17H22ClN3O. The fourth-order valence-electron chi connectivity index (χ4n) is 2.82. The number of benzene rings is 1. The summed E-state index contributed by atoms with van der Waals surface area (Å²) in [5.74, 6) is 0.109. The van der Waals surface area contributed by atoms with Crippen LogP contribution in [0.4, 0.5) is 5.69 Å². The first-order valence-electron chi connectivity index (χ1n) is 7.77. The number of hydrogen-bond acceptors (Lipinski definition) is 3. The van der Waals surface area contributed by atoms with E-state index in [1.165, 1.54) is 0 Å². The molecule has 0 heterocycles. The van der Waals surface area contributed by atoms with E-state index in [2.05, 4.69) is 16.7 Å². The van der Waals surface area contributed by atoms with Gasteiger partial charge in [-0.15, -0.1) is 0 Å². The minimum Gasteiger partial charge on any atom is -0.325 e. The Morgan fingerprint density at radius 3 is 3.00 bits per heavy atom. The Labute approximate surface area is 136 Å². The second-order valence-corrected chi connectivity index (χ2v) is 6.33. The molecule has 1 aromatic rings. The van der Waals surface area contributed by atoms with Crippen molar-refractivity contribution in [3.05, 3.63) is 28.8 Å². The number of carbonyl (C=O) groups excluding carboxylic acids is 1. The van der Waals surface area contributed by atoms with E-state index in [1.807, 2.05) is 25.1 Å². The number of nitrogens with zero attached hydrogens (tertiary/aromatic N) is 1. The van der Waals surface area contributed by atoms with Crippen molar-refractivity contribution in [3.8, 4) is 6.07 Å². The maximum absolute atomic E-state index is 11.9. The predicted octanol–water partition coefficient (Wildman–Crippen LogP) is 3.65. The highest BCUT2D eigenvalue weighted by atomic mass is 35.5. The summed E-state index contributed by atoms with van der Waals surface area (Å²) in [7, 11) is 0. The zero-order chi connectivity index (χ0) is 15.9. The third-order valence-corrected chi connectivity index (χ3v) is 4.35. The summed E-state index contributed by atoms with van der Waals surface area (Å²) in [5.41, 5.74) is 1.72. The lowest BCUT2D eigenvalue weighted by Crippen LogP contribution is -2.35. The monoisotopic (exact) mass is 319 g/mol. The highest BCUT2D eigenvalue weighted by molar-refractivity contribution is 6.33. The molecule has 0 aliphatic heterocycles. The van der Waals surface area contributed by atoms with Crippen LogP contribution in [-0.2, 0) is 4.79 Å². The molecule has 0 bridgehead atoms. The Morgan fingerprint density at radius 2 is 2.27 bits per heavy atom. The van der Waals surface area contributed by atoms with E-state index >= 15 is 0 Å². The summed E-state index contributed by atoms with van der Waals surface area (Å²) in [6, 6.07) is 8.27. The molecule has 1 amide bonds. The predicted molar refractivity (Wildman–Crippen MR) is 88.8 cm³/mol. The summed E-state index contributed by atoms with van der Waals surface area (Å²) >= 11 is 6.10. The van der Waals surface area contributed by atoms with E-state index < -0.39 is 0 Å². The first-order valence-corrected chi connectivity index (χ1v) is 8.15. The molecule has 2 atom stereocenters. The van der Waals surface area contributed by atoms with Gasteiger partial charge in [-0.1, -0.05) is 24.1 Å². The summed E-state index contributed by atoms with van der Waals surface area (Å²) in [5, 5.41) is 15.8. The van der Waals surface area contributed by atoms with Crippen LogP contribution < -0.4 is 10.6 Å². The van der Waals surface area contributed by atoms with Crippen molar-refractivity contribution in [1.29, 1.82) is 5.26 Å². The van der Waals surface area contributed by atoms with Crippen LogP contribution in [0.1, 0.15) is 37.7 Å². The van der Waals surface area contributed by atoms with Crippen molar-refractivity contribution in [1.82, 2.24) is 5.32 Å². The second-order valence-electron chi connectivity index (χ2n) is 5.93. The molecule has 1 fully saturated rings. The minimum absolute atomic E-state index is 0.0501. The van der Waals surface area contributed by atoms with Gasteiger partial charge in [0, 0.05) is 24.9 Å². The van der Waals surface area contributed by atoms with Crippen molar-refractivity contribution < 1.29 is 4.79 Å². The normalized spacial score (nSPS) is 21.1. The number of hydrogen-bond donors (Lipinski definition) is 2. The van der Waals surface area contributed by atoms with Crippen molar-refractivity contribution >= 4 is 23.2 Å². The summed E-state index contributed by atoms with van der Waals surface area (Å²) in [6.07, 6.45) is 4.46. The van der Waals surface area contributed by atoms with E-state index in [-0.39, 0.29) is 11.8 Å². The SMILES string of the molecule is Cc1ccc(NC(=O)CCN[C@@H]2CCC[C@H](C#N)C2)c(Cl)c1. The lowest BCUT2D eigenvalue weighted by atomic mass is 9.87. The number of aryl methyl sites for hydroxylation is 1. The largest absolute Gasteiger partial charge is 0.325 e. The standard InChI is InChI=1S/C17H22ClN3O/c1-12-5-6-16(15(18)9-12)21-17(22)7-8-20-14-4-2-3-13(10-14)11-19/h5-6,9,13-14,20H,2-4,7-8,10H2,1H3,(H,21,22)/t13-,14+/m0/s1.